The lowest BCUT2D eigenvalue weighted by molar-refractivity contribution is 0.163. The van der Waals surface area contributed by atoms with Crippen molar-refractivity contribution in [1.82, 2.24) is 4.90 Å². The second-order valence-corrected chi connectivity index (χ2v) is 12.7. The lowest BCUT2D eigenvalue weighted by Gasteiger charge is -2.37. The highest BCUT2D eigenvalue weighted by molar-refractivity contribution is 6.74. The first-order valence-corrected chi connectivity index (χ1v) is 11.8. The van der Waals surface area contributed by atoms with Gasteiger partial charge < -0.3 is 14.9 Å². The second kappa shape index (κ2) is 8.99. The highest BCUT2D eigenvalue weighted by Crippen LogP contribution is 2.36. The van der Waals surface area contributed by atoms with Gasteiger partial charge in [-0.1, -0.05) is 39.0 Å². The zero-order chi connectivity index (χ0) is 18.4. The van der Waals surface area contributed by atoms with Gasteiger partial charge >= 0.3 is 0 Å². The maximum Gasteiger partial charge on any atom is 0.192 e. The average Bonchev–Trinajstić information content (AvgIpc) is 2.52. The Bertz CT molecular complexity index is 500. The molecule has 4 nitrogen and oxygen atoms in total. The Morgan fingerprint density at radius 2 is 1.79 bits per heavy atom. The van der Waals surface area contributed by atoms with Crippen LogP contribution in [-0.2, 0) is 4.43 Å². The van der Waals surface area contributed by atoms with Crippen LogP contribution < -0.4 is 10.5 Å². The van der Waals surface area contributed by atoms with Crippen molar-refractivity contribution in [3.63, 3.8) is 0 Å². The van der Waals surface area contributed by atoms with Gasteiger partial charge in [0.05, 0.1) is 7.11 Å². The SMILES string of the molecule is COc1ccccc1[C@H](C)N(CCN)CCO[Si](C)(C)C(C)(C)C. The van der Waals surface area contributed by atoms with E-state index in [-0.39, 0.29) is 11.1 Å². The highest BCUT2D eigenvalue weighted by Gasteiger charge is 2.37. The Morgan fingerprint density at radius 3 is 2.33 bits per heavy atom. The number of nitrogens with two attached hydrogens (primary N) is 1. The molecule has 0 saturated heterocycles. The number of nitrogens with zero attached hydrogens (tertiary/aromatic N) is 1. The number of hydrogen-bond donors (Lipinski definition) is 1. The molecule has 1 aromatic rings. The Morgan fingerprint density at radius 1 is 1.17 bits per heavy atom. The standard InChI is InChI=1S/C19H36N2O2Si/c1-16(17-10-8-9-11-18(17)22-5)21(13-12-20)14-15-23-24(6,7)19(2,3)4/h8-11,16H,12-15,20H2,1-7H3/t16-/m0/s1. The van der Waals surface area contributed by atoms with Crippen molar-refractivity contribution < 1.29 is 9.16 Å². The van der Waals surface area contributed by atoms with Crippen LogP contribution in [0.2, 0.25) is 18.1 Å². The smallest absolute Gasteiger partial charge is 0.192 e. The molecule has 5 heteroatoms. The van der Waals surface area contributed by atoms with Crippen LogP contribution in [0.3, 0.4) is 0 Å². The van der Waals surface area contributed by atoms with Gasteiger partial charge in [0.25, 0.3) is 0 Å². The van der Waals surface area contributed by atoms with E-state index >= 15 is 0 Å². The van der Waals surface area contributed by atoms with E-state index in [0.29, 0.717) is 6.54 Å². The van der Waals surface area contributed by atoms with E-state index in [1.807, 2.05) is 12.1 Å². The molecule has 1 aromatic carbocycles. The molecule has 0 aliphatic carbocycles. The molecule has 0 spiro atoms. The molecule has 0 radical (unpaired) electrons. The molecule has 0 saturated carbocycles. The van der Waals surface area contributed by atoms with E-state index < -0.39 is 8.32 Å². The summed E-state index contributed by atoms with van der Waals surface area (Å²) in [5.74, 6) is 0.928. The van der Waals surface area contributed by atoms with Crippen LogP contribution in [0.15, 0.2) is 24.3 Å². The summed E-state index contributed by atoms with van der Waals surface area (Å²) in [6.07, 6.45) is 0. The normalized spacial score (nSPS) is 14.0. The van der Waals surface area contributed by atoms with Gasteiger partial charge in [-0.05, 0) is 31.1 Å². The Kier molecular flexibility index (Phi) is 7.93. The average molecular weight is 353 g/mol. The summed E-state index contributed by atoms with van der Waals surface area (Å²) in [4.78, 5) is 2.38. The van der Waals surface area contributed by atoms with Crippen molar-refractivity contribution in [3.05, 3.63) is 29.8 Å². The molecular formula is C19H36N2O2Si. The van der Waals surface area contributed by atoms with Gasteiger partial charge in [-0.25, -0.2) is 0 Å². The highest BCUT2D eigenvalue weighted by atomic mass is 28.4. The first-order valence-electron chi connectivity index (χ1n) is 8.85. The molecule has 0 bridgehead atoms. The van der Waals surface area contributed by atoms with Crippen molar-refractivity contribution in [3.8, 4) is 5.75 Å². The van der Waals surface area contributed by atoms with Crippen LogP contribution in [0.4, 0.5) is 0 Å². The summed E-state index contributed by atoms with van der Waals surface area (Å²) < 4.78 is 11.9. The minimum atomic E-state index is -1.71. The number of para-hydroxylation sites is 1. The summed E-state index contributed by atoms with van der Waals surface area (Å²) in [7, 11) is 0.0125. The van der Waals surface area contributed by atoms with Crippen LogP contribution in [0.1, 0.15) is 39.3 Å². The van der Waals surface area contributed by atoms with E-state index in [1.165, 1.54) is 5.56 Å². The van der Waals surface area contributed by atoms with Gasteiger partial charge in [-0.3, -0.25) is 4.90 Å². The van der Waals surface area contributed by atoms with Gasteiger partial charge in [0.15, 0.2) is 8.32 Å². The molecule has 0 fully saturated rings. The third kappa shape index (κ3) is 5.58. The van der Waals surface area contributed by atoms with E-state index in [4.69, 9.17) is 14.9 Å². The first kappa shape index (κ1) is 21.2. The third-order valence-corrected chi connectivity index (χ3v) is 9.74. The zero-order valence-corrected chi connectivity index (χ0v) is 17.6. The van der Waals surface area contributed by atoms with Crippen LogP contribution in [0.5, 0.6) is 5.75 Å². The summed E-state index contributed by atoms with van der Waals surface area (Å²) in [6, 6.07) is 8.44. The molecule has 0 aliphatic heterocycles. The summed E-state index contributed by atoms with van der Waals surface area (Å²) in [5.41, 5.74) is 7.03. The topological polar surface area (TPSA) is 47.7 Å². The van der Waals surface area contributed by atoms with Crippen LogP contribution in [0.25, 0.3) is 0 Å². The van der Waals surface area contributed by atoms with Crippen molar-refractivity contribution in [2.75, 3.05) is 33.4 Å². The molecular weight excluding hydrogens is 316 g/mol. The molecule has 0 aromatic heterocycles. The predicted molar refractivity (Wildman–Crippen MR) is 105 cm³/mol. The Labute approximate surface area is 149 Å². The van der Waals surface area contributed by atoms with E-state index in [1.54, 1.807) is 7.11 Å². The van der Waals surface area contributed by atoms with Gasteiger partial charge in [-0.2, -0.15) is 0 Å². The van der Waals surface area contributed by atoms with Gasteiger partial charge in [-0.15, -0.1) is 0 Å². The maximum absolute atomic E-state index is 6.34. The van der Waals surface area contributed by atoms with Crippen molar-refractivity contribution in [2.24, 2.45) is 5.73 Å². The van der Waals surface area contributed by atoms with Crippen LogP contribution in [-0.4, -0.2) is 46.6 Å². The quantitative estimate of drug-likeness (QED) is 0.681. The zero-order valence-electron chi connectivity index (χ0n) is 16.6. The largest absolute Gasteiger partial charge is 0.496 e. The van der Waals surface area contributed by atoms with E-state index in [9.17, 15) is 0 Å². The number of benzene rings is 1. The molecule has 1 rings (SSSR count). The van der Waals surface area contributed by atoms with Gasteiger partial charge in [0, 0.05) is 37.8 Å². The fourth-order valence-corrected chi connectivity index (χ4v) is 3.54. The molecule has 0 unspecified atom stereocenters. The number of hydrogen-bond acceptors (Lipinski definition) is 4. The molecule has 24 heavy (non-hydrogen) atoms. The second-order valence-electron chi connectivity index (χ2n) is 7.85. The van der Waals surface area contributed by atoms with Crippen molar-refractivity contribution >= 4 is 8.32 Å². The first-order chi connectivity index (χ1) is 11.1. The van der Waals surface area contributed by atoms with Gasteiger partial charge in [0.2, 0.25) is 0 Å². The molecule has 0 heterocycles. The third-order valence-electron chi connectivity index (χ3n) is 5.20. The molecule has 2 N–H and O–H groups in total. The van der Waals surface area contributed by atoms with Gasteiger partial charge in [0.1, 0.15) is 5.75 Å². The molecule has 1 atom stereocenters. The fraction of sp³-hybridized carbons (Fsp3) is 0.684. The van der Waals surface area contributed by atoms with Crippen LogP contribution in [0, 0.1) is 0 Å². The molecule has 0 aliphatic rings. The maximum atomic E-state index is 6.34. The van der Waals surface area contributed by atoms with E-state index in [2.05, 4.69) is 57.8 Å². The molecule has 138 valence electrons. The Balaban J connectivity index is 2.77. The van der Waals surface area contributed by atoms with Crippen molar-refractivity contribution in [2.45, 2.75) is 51.9 Å². The number of ether oxygens (including phenoxy) is 1. The predicted octanol–water partition coefficient (Wildman–Crippen LogP) is 4.04. The molecule has 0 amide bonds. The minimum absolute atomic E-state index is 0.236. The van der Waals surface area contributed by atoms with Crippen LogP contribution >= 0.6 is 0 Å². The summed E-state index contributed by atoms with van der Waals surface area (Å²) in [5, 5.41) is 0.236. The Hall–Kier alpha value is -0.883. The summed E-state index contributed by atoms with van der Waals surface area (Å²) >= 11 is 0. The minimum Gasteiger partial charge on any atom is -0.496 e. The van der Waals surface area contributed by atoms with Crippen molar-refractivity contribution in [1.29, 1.82) is 0 Å². The monoisotopic (exact) mass is 352 g/mol. The van der Waals surface area contributed by atoms with E-state index in [0.717, 1.165) is 25.4 Å². The lowest BCUT2D eigenvalue weighted by atomic mass is 10.1. The number of rotatable bonds is 9. The number of methoxy groups -OCH3 is 1. The lowest BCUT2D eigenvalue weighted by Crippen LogP contribution is -2.43. The fourth-order valence-electron chi connectivity index (χ4n) is 2.51. The summed E-state index contributed by atoms with van der Waals surface area (Å²) in [6.45, 7) is 16.7.